The highest BCUT2D eigenvalue weighted by Crippen LogP contribution is 2.27. The lowest BCUT2D eigenvalue weighted by Crippen LogP contribution is -2.29. The van der Waals surface area contributed by atoms with Crippen LogP contribution in [-0.2, 0) is 11.2 Å². The molecule has 1 aromatic heterocycles. The molecule has 5 nitrogen and oxygen atoms in total. The van der Waals surface area contributed by atoms with Crippen molar-refractivity contribution in [1.29, 1.82) is 0 Å². The van der Waals surface area contributed by atoms with Gasteiger partial charge < -0.3 is 10.6 Å². The molecular weight excluding hydrogens is 276 g/mol. The molecule has 1 aliphatic carbocycles. The molecule has 3 N–H and O–H groups in total. The van der Waals surface area contributed by atoms with E-state index in [0.717, 1.165) is 24.6 Å². The Morgan fingerprint density at radius 2 is 2.15 bits per heavy atom. The lowest BCUT2D eigenvalue weighted by atomic mass is 9.91. The SMILES string of the molecule is CC(C)(C)Cc1cc(NC(=O)CNCC2CC2)n[nH]1.Cl. The Kier molecular flexibility index (Phi) is 6.02. The van der Waals surface area contributed by atoms with E-state index in [9.17, 15) is 4.79 Å². The summed E-state index contributed by atoms with van der Waals surface area (Å²) in [5.74, 6) is 1.36. The molecule has 1 fully saturated rings. The number of carbonyl (C=O) groups is 1. The first-order valence-electron chi connectivity index (χ1n) is 6.97. The van der Waals surface area contributed by atoms with Crippen molar-refractivity contribution in [3.8, 4) is 0 Å². The van der Waals surface area contributed by atoms with Gasteiger partial charge in [0.15, 0.2) is 5.82 Å². The van der Waals surface area contributed by atoms with Crippen molar-refractivity contribution in [3.05, 3.63) is 11.8 Å². The number of nitrogens with one attached hydrogen (secondary N) is 3. The molecule has 0 bridgehead atoms. The predicted molar refractivity (Wildman–Crippen MR) is 83.2 cm³/mol. The number of halogens is 1. The van der Waals surface area contributed by atoms with Gasteiger partial charge in [-0.1, -0.05) is 20.8 Å². The summed E-state index contributed by atoms with van der Waals surface area (Å²) in [7, 11) is 0. The van der Waals surface area contributed by atoms with Gasteiger partial charge >= 0.3 is 0 Å². The lowest BCUT2D eigenvalue weighted by Gasteiger charge is -2.15. The number of anilines is 1. The minimum Gasteiger partial charge on any atom is -0.308 e. The first kappa shape index (κ1) is 17.0. The molecule has 1 heterocycles. The van der Waals surface area contributed by atoms with E-state index in [1.54, 1.807) is 0 Å². The van der Waals surface area contributed by atoms with Crippen LogP contribution in [0, 0.1) is 11.3 Å². The Hall–Kier alpha value is -1.07. The van der Waals surface area contributed by atoms with E-state index in [1.807, 2.05) is 6.07 Å². The predicted octanol–water partition coefficient (Wildman–Crippen LogP) is 2.36. The molecule has 20 heavy (non-hydrogen) atoms. The molecule has 0 saturated heterocycles. The van der Waals surface area contributed by atoms with Gasteiger partial charge in [0, 0.05) is 11.8 Å². The van der Waals surface area contributed by atoms with Crippen LogP contribution in [0.2, 0.25) is 0 Å². The van der Waals surface area contributed by atoms with Crippen LogP contribution in [-0.4, -0.2) is 29.2 Å². The third-order valence-electron chi connectivity index (χ3n) is 3.03. The summed E-state index contributed by atoms with van der Waals surface area (Å²) in [5.41, 5.74) is 1.26. The van der Waals surface area contributed by atoms with Gasteiger partial charge in [-0.3, -0.25) is 9.89 Å². The highest BCUT2D eigenvalue weighted by Gasteiger charge is 2.20. The number of nitrogens with zero attached hydrogens (tertiary/aromatic N) is 1. The fourth-order valence-corrected chi connectivity index (χ4v) is 1.99. The molecule has 0 radical (unpaired) electrons. The second kappa shape index (κ2) is 7.09. The van der Waals surface area contributed by atoms with E-state index in [0.29, 0.717) is 12.4 Å². The van der Waals surface area contributed by atoms with Crippen LogP contribution in [0.5, 0.6) is 0 Å². The van der Waals surface area contributed by atoms with E-state index < -0.39 is 0 Å². The Bertz CT molecular complexity index is 435. The molecule has 2 rings (SSSR count). The third kappa shape index (κ3) is 6.39. The van der Waals surface area contributed by atoms with Gasteiger partial charge in [-0.25, -0.2) is 0 Å². The van der Waals surface area contributed by atoms with Gasteiger partial charge in [0.1, 0.15) is 0 Å². The summed E-state index contributed by atoms with van der Waals surface area (Å²) >= 11 is 0. The molecule has 1 aromatic rings. The van der Waals surface area contributed by atoms with E-state index in [1.165, 1.54) is 12.8 Å². The number of aromatic amines is 1. The van der Waals surface area contributed by atoms with Crippen LogP contribution < -0.4 is 10.6 Å². The Labute approximate surface area is 126 Å². The summed E-state index contributed by atoms with van der Waals surface area (Å²) in [4.78, 5) is 11.7. The van der Waals surface area contributed by atoms with Crippen molar-refractivity contribution in [2.75, 3.05) is 18.4 Å². The zero-order valence-corrected chi connectivity index (χ0v) is 13.3. The number of rotatable bonds is 6. The summed E-state index contributed by atoms with van der Waals surface area (Å²) < 4.78 is 0. The maximum absolute atomic E-state index is 11.7. The first-order valence-corrected chi connectivity index (χ1v) is 6.97. The van der Waals surface area contributed by atoms with E-state index >= 15 is 0 Å². The average Bonchev–Trinajstić information content (AvgIpc) is 2.99. The number of hydrogen-bond donors (Lipinski definition) is 3. The molecule has 114 valence electrons. The zero-order chi connectivity index (χ0) is 13.9. The van der Waals surface area contributed by atoms with Crippen LogP contribution in [0.3, 0.4) is 0 Å². The molecule has 6 heteroatoms. The van der Waals surface area contributed by atoms with Crippen LogP contribution in [0.4, 0.5) is 5.82 Å². The number of carbonyl (C=O) groups excluding carboxylic acids is 1. The Morgan fingerprint density at radius 1 is 1.45 bits per heavy atom. The summed E-state index contributed by atoms with van der Waals surface area (Å²) in [5, 5.41) is 13.0. The maximum Gasteiger partial charge on any atom is 0.239 e. The Morgan fingerprint density at radius 3 is 2.75 bits per heavy atom. The molecule has 0 aliphatic heterocycles. The standard InChI is InChI=1S/C14H24N4O.ClH/c1-14(2,3)7-11-6-12(18-17-11)16-13(19)9-15-8-10-4-5-10;/h6,10,15H,4-5,7-9H2,1-3H3,(H2,16,17,18,19);1H. The third-order valence-corrected chi connectivity index (χ3v) is 3.03. The van der Waals surface area contributed by atoms with Gasteiger partial charge in [-0.05, 0) is 37.1 Å². The largest absolute Gasteiger partial charge is 0.308 e. The molecule has 1 aliphatic rings. The van der Waals surface area contributed by atoms with Crippen LogP contribution in [0.1, 0.15) is 39.3 Å². The molecule has 0 spiro atoms. The van der Waals surface area contributed by atoms with Crippen molar-refractivity contribution in [2.24, 2.45) is 11.3 Å². The number of hydrogen-bond acceptors (Lipinski definition) is 3. The van der Waals surface area contributed by atoms with Gasteiger partial charge in [0.05, 0.1) is 6.54 Å². The molecule has 0 atom stereocenters. The monoisotopic (exact) mass is 300 g/mol. The maximum atomic E-state index is 11.7. The highest BCUT2D eigenvalue weighted by molar-refractivity contribution is 5.91. The van der Waals surface area contributed by atoms with Crippen molar-refractivity contribution in [3.63, 3.8) is 0 Å². The van der Waals surface area contributed by atoms with Gasteiger partial charge in [0.2, 0.25) is 5.91 Å². The van der Waals surface area contributed by atoms with Crippen LogP contribution >= 0.6 is 12.4 Å². The van der Waals surface area contributed by atoms with Crippen molar-refractivity contribution in [2.45, 2.75) is 40.0 Å². The number of aromatic nitrogens is 2. The van der Waals surface area contributed by atoms with Crippen molar-refractivity contribution >= 4 is 24.1 Å². The lowest BCUT2D eigenvalue weighted by molar-refractivity contribution is -0.115. The minimum absolute atomic E-state index is 0. The average molecular weight is 301 g/mol. The van der Waals surface area contributed by atoms with E-state index in [4.69, 9.17) is 0 Å². The fraction of sp³-hybridized carbons (Fsp3) is 0.714. The van der Waals surface area contributed by atoms with E-state index in [2.05, 4.69) is 41.6 Å². The van der Waals surface area contributed by atoms with Crippen molar-refractivity contribution < 1.29 is 4.79 Å². The molecular formula is C14H25ClN4O. The van der Waals surface area contributed by atoms with Crippen molar-refractivity contribution in [1.82, 2.24) is 15.5 Å². The van der Waals surface area contributed by atoms with Gasteiger partial charge in [0.25, 0.3) is 0 Å². The van der Waals surface area contributed by atoms with Crippen LogP contribution in [0.15, 0.2) is 6.07 Å². The molecule has 0 aromatic carbocycles. The first-order chi connectivity index (χ1) is 8.92. The second-order valence-electron chi connectivity index (χ2n) is 6.64. The molecule has 0 unspecified atom stereocenters. The quantitative estimate of drug-likeness (QED) is 0.755. The topological polar surface area (TPSA) is 69.8 Å². The summed E-state index contributed by atoms with van der Waals surface area (Å²) in [6.45, 7) is 7.83. The number of H-pyrrole nitrogens is 1. The minimum atomic E-state index is -0.0329. The fourth-order valence-electron chi connectivity index (χ4n) is 1.99. The Balaban J connectivity index is 0.00000200. The number of amides is 1. The smallest absolute Gasteiger partial charge is 0.239 e. The highest BCUT2D eigenvalue weighted by atomic mass is 35.5. The van der Waals surface area contributed by atoms with Crippen LogP contribution in [0.25, 0.3) is 0 Å². The van der Waals surface area contributed by atoms with Gasteiger partial charge in [-0.2, -0.15) is 5.10 Å². The molecule has 1 saturated carbocycles. The summed E-state index contributed by atoms with van der Waals surface area (Å²) in [6, 6.07) is 1.91. The second-order valence-corrected chi connectivity index (χ2v) is 6.64. The zero-order valence-electron chi connectivity index (χ0n) is 12.5. The normalized spacial score (nSPS) is 14.8. The van der Waals surface area contributed by atoms with Gasteiger partial charge in [-0.15, -0.1) is 12.4 Å². The molecule has 1 amide bonds. The van der Waals surface area contributed by atoms with E-state index in [-0.39, 0.29) is 23.7 Å². The summed E-state index contributed by atoms with van der Waals surface area (Å²) in [6.07, 6.45) is 3.50.